The maximum atomic E-state index is 5.73. The SMILES string of the molecule is CNC(Cc1ccc(Br)s1)c1c(C)oc(C)c1C. The van der Waals surface area contributed by atoms with Crippen LogP contribution in [-0.2, 0) is 6.42 Å². The lowest BCUT2D eigenvalue weighted by atomic mass is 9.99. The molecule has 18 heavy (non-hydrogen) atoms. The van der Waals surface area contributed by atoms with Crippen LogP contribution in [0.5, 0.6) is 0 Å². The summed E-state index contributed by atoms with van der Waals surface area (Å²) in [5.41, 5.74) is 2.57. The third kappa shape index (κ3) is 2.71. The summed E-state index contributed by atoms with van der Waals surface area (Å²) < 4.78 is 6.91. The summed E-state index contributed by atoms with van der Waals surface area (Å²) in [6, 6.07) is 4.59. The van der Waals surface area contributed by atoms with Gasteiger partial charge in [-0.1, -0.05) is 0 Å². The monoisotopic (exact) mass is 327 g/mol. The van der Waals surface area contributed by atoms with Gasteiger partial charge in [0.15, 0.2) is 0 Å². The van der Waals surface area contributed by atoms with Crippen molar-refractivity contribution in [2.45, 2.75) is 33.2 Å². The van der Waals surface area contributed by atoms with E-state index < -0.39 is 0 Å². The van der Waals surface area contributed by atoms with Gasteiger partial charge in [-0.3, -0.25) is 0 Å². The largest absolute Gasteiger partial charge is 0.466 e. The highest BCUT2D eigenvalue weighted by atomic mass is 79.9. The molecule has 2 rings (SSSR count). The molecule has 0 aliphatic rings. The van der Waals surface area contributed by atoms with E-state index in [1.807, 2.05) is 20.9 Å². The summed E-state index contributed by atoms with van der Waals surface area (Å²) in [5, 5.41) is 3.40. The van der Waals surface area contributed by atoms with E-state index in [-0.39, 0.29) is 0 Å². The zero-order valence-electron chi connectivity index (χ0n) is 11.1. The van der Waals surface area contributed by atoms with Crippen LogP contribution < -0.4 is 5.32 Å². The summed E-state index contributed by atoms with van der Waals surface area (Å²) in [4.78, 5) is 1.37. The van der Waals surface area contributed by atoms with Gasteiger partial charge in [0.05, 0.1) is 3.79 Å². The zero-order chi connectivity index (χ0) is 13.3. The minimum absolute atomic E-state index is 0.313. The van der Waals surface area contributed by atoms with Crippen LogP contribution in [0.1, 0.15) is 33.6 Å². The number of halogens is 1. The van der Waals surface area contributed by atoms with Gasteiger partial charge >= 0.3 is 0 Å². The molecular weight excluding hydrogens is 310 g/mol. The minimum Gasteiger partial charge on any atom is -0.466 e. The van der Waals surface area contributed by atoms with Crippen molar-refractivity contribution in [3.63, 3.8) is 0 Å². The van der Waals surface area contributed by atoms with Gasteiger partial charge in [-0.05, 0) is 61.4 Å². The first-order chi connectivity index (χ1) is 8.52. The predicted octanol–water partition coefficient (Wildman–Crippen LogP) is 4.53. The number of thiophene rings is 1. The van der Waals surface area contributed by atoms with E-state index in [1.165, 1.54) is 19.8 Å². The molecule has 2 heterocycles. The Morgan fingerprint density at radius 1 is 1.28 bits per heavy atom. The Hall–Kier alpha value is -0.580. The highest BCUT2D eigenvalue weighted by molar-refractivity contribution is 9.11. The van der Waals surface area contributed by atoms with Gasteiger partial charge in [-0.2, -0.15) is 0 Å². The fourth-order valence-corrected chi connectivity index (χ4v) is 3.86. The first-order valence-corrected chi connectivity index (χ1v) is 7.61. The maximum absolute atomic E-state index is 5.73. The van der Waals surface area contributed by atoms with Crippen LogP contribution in [0, 0.1) is 20.8 Å². The molecule has 2 aromatic rings. The fraction of sp³-hybridized carbons (Fsp3) is 0.429. The van der Waals surface area contributed by atoms with Gasteiger partial charge in [0.2, 0.25) is 0 Å². The van der Waals surface area contributed by atoms with Gasteiger partial charge in [-0.15, -0.1) is 11.3 Å². The lowest BCUT2D eigenvalue weighted by Gasteiger charge is -2.16. The molecule has 0 radical (unpaired) electrons. The van der Waals surface area contributed by atoms with E-state index in [0.717, 1.165) is 17.9 Å². The Morgan fingerprint density at radius 3 is 2.44 bits per heavy atom. The van der Waals surface area contributed by atoms with E-state index in [2.05, 4.69) is 40.3 Å². The second-order valence-electron chi connectivity index (χ2n) is 4.50. The minimum atomic E-state index is 0.313. The molecular formula is C14H18BrNOS. The van der Waals surface area contributed by atoms with Crippen molar-refractivity contribution in [1.82, 2.24) is 5.32 Å². The number of likely N-dealkylation sites (N-methyl/N-ethyl adjacent to an activating group) is 1. The average Bonchev–Trinajstić information content (AvgIpc) is 2.82. The van der Waals surface area contributed by atoms with Crippen molar-refractivity contribution in [3.8, 4) is 0 Å². The molecule has 98 valence electrons. The van der Waals surface area contributed by atoms with Gasteiger partial charge in [-0.25, -0.2) is 0 Å². The van der Waals surface area contributed by atoms with Crippen molar-refractivity contribution >= 4 is 27.3 Å². The Morgan fingerprint density at radius 2 is 2.00 bits per heavy atom. The Bertz CT molecular complexity index is 544. The lowest BCUT2D eigenvalue weighted by Crippen LogP contribution is -2.19. The maximum Gasteiger partial charge on any atom is 0.106 e. The molecule has 0 aromatic carbocycles. The van der Waals surface area contributed by atoms with E-state index in [9.17, 15) is 0 Å². The van der Waals surface area contributed by atoms with Crippen molar-refractivity contribution in [3.05, 3.63) is 43.4 Å². The molecule has 0 spiro atoms. The summed E-state index contributed by atoms with van der Waals surface area (Å²) in [7, 11) is 2.01. The topological polar surface area (TPSA) is 25.2 Å². The normalized spacial score (nSPS) is 12.9. The summed E-state index contributed by atoms with van der Waals surface area (Å²) in [6.07, 6.45) is 0.993. The molecule has 0 bridgehead atoms. The summed E-state index contributed by atoms with van der Waals surface area (Å²) in [6.45, 7) is 6.21. The first-order valence-electron chi connectivity index (χ1n) is 6.01. The molecule has 0 amide bonds. The van der Waals surface area contributed by atoms with Crippen LogP contribution in [0.15, 0.2) is 20.3 Å². The number of hydrogen-bond donors (Lipinski definition) is 1. The smallest absolute Gasteiger partial charge is 0.106 e. The number of furan rings is 1. The van der Waals surface area contributed by atoms with Crippen LogP contribution in [0.3, 0.4) is 0 Å². The van der Waals surface area contributed by atoms with Crippen molar-refractivity contribution in [2.75, 3.05) is 7.05 Å². The van der Waals surface area contributed by atoms with Gasteiger partial charge in [0.1, 0.15) is 11.5 Å². The fourth-order valence-electron chi connectivity index (χ4n) is 2.33. The van der Waals surface area contributed by atoms with E-state index >= 15 is 0 Å². The molecule has 1 N–H and O–H groups in total. The van der Waals surface area contributed by atoms with Crippen LogP contribution in [0.25, 0.3) is 0 Å². The van der Waals surface area contributed by atoms with Crippen LogP contribution in [0.2, 0.25) is 0 Å². The van der Waals surface area contributed by atoms with E-state index in [1.54, 1.807) is 11.3 Å². The Labute approximate surface area is 121 Å². The lowest BCUT2D eigenvalue weighted by molar-refractivity contribution is 0.490. The summed E-state index contributed by atoms with van der Waals surface area (Å²) >= 11 is 5.30. The van der Waals surface area contributed by atoms with Crippen LogP contribution in [0.4, 0.5) is 0 Å². The third-order valence-corrected chi connectivity index (χ3v) is 4.99. The molecule has 2 aromatic heterocycles. The highest BCUT2D eigenvalue weighted by Gasteiger charge is 2.20. The van der Waals surface area contributed by atoms with Crippen molar-refractivity contribution in [1.29, 1.82) is 0 Å². The second kappa shape index (κ2) is 5.59. The molecule has 0 saturated carbocycles. The molecule has 1 atom stereocenters. The number of rotatable bonds is 4. The quantitative estimate of drug-likeness (QED) is 0.892. The van der Waals surface area contributed by atoms with Gasteiger partial charge < -0.3 is 9.73 Å². The molecule has 0 aliphatic carbocycles. The number of nitrogens with one attached hydrogen (secondary N) is 1. The van der Waals surface area contributed by atoms with Crippen LogP contribution >= 0.6 is 27.3 Å². The van der Waals surface area contributed by atoms with Crippen molar-refractivity contribution < 1.29 is 4.42 Å². The summed E-state index contributed by atoms with van der Waals surface area (Å²) in [5.74, 6) is 2.05. The molecule has 0 saturated heterocycles. The van der Waals surface area contributed by atoms with E-state index in [4.69, 9.17) is 4.42 Å². The molecule has 4 heteroatoms. The predicted molar refractivity (Wildman–Crippen MR) is 80.4 cm³/mol. The van der Waals surface area contributed by atoms with Crippen LogP contribution in [-0.4, -0.2) is 7.05 Å². The van der Waals surface area contributed by atoms with Gasteiger partial charge in [0, 0.05) is 22.9 Å². The Balaban J connectivity index is 2.28. The first kappa shape index (κ1) is 13.8. The average molecular weight is 328 g/mol. The highest BCUT2D eigenvalue weighted by Crippen LogP contribution is 2.31. The molecule has 2 nitrogen and oxygen atoms in total. The Kier molecular flexibility index (Phi) is 4.30. The number of aryl methyl sites for hydroxylation is 2. The third-order valence-electron chi connectivity index (χ3n) is 3.35. The second-order valence-corrected chi connectivity index (χ2v) is 7.05. The standard InChI is InChI=1S/C14H18BrNOS/c1-8-9(2)17-10(3)14(8)12(16-4)7-11-5-6-13(15)18-11/h5-6,12,16H,7H2,1-4H3. The molecule has 0 fully saturated rings. The molecule has 0 aliphatic heterocycles. The van der Waals surface area contributed by atoms with E-state index in [0.29, 0.717) is 6.04 Å². The van der Waals surface area contributed by atoms with Crippen molar-refractivity contribution in [2.24, 2.45) is 0 Å². The molecule has 1 unspecified atom stereocenters. The number of hydrogen-bond acceptors (Lipinski definition) is 3. The van der Waals surface area contributed by atoms with Gasteiger partial charge in [0.25, 0.3) is 0 Å². The zero-order valence-corrected chi connectivity index (χ0v) is 13.5.